The summed E-state index contributed by atoms with van der Waals surface area (Å²) in [6.45, 7) is 3.19. The van der Waals surface area contributed by atoms with Gasteiger partial charge in [-0.3, -0.25) is 4.52 Å². The number of hydrogen-bond donors (Lipinski definition) is 0. The molecular formula is C13H9Cl2N3O5S. The van der Waals surface area contributed by atoms with Gasteiger partial charge >= 0.3 is 17.0 Å². The van der Waals surface area contributed by atoms with E-state index < -0.39 is 17.0 Å². The first-order valence-corrected chi connectivity index (χ1v) is 8.25. The minimum Gasteiger partial charge on any atom is -0.379 e. The topological polar surface area (TPSA) is 100 Å². The van der Waals surface area contributed by atoms with E-state index in [0.29, 0.717) is 20.4 Å². The molecule has 2 aromatic heterocycles. The fourth-order valence-corrected chi connectivity index (χ4v) is 3.16. The van der Waals surface area contributed by atoms with Crippen LogP contribution in [0, 0.1) is 13.8 Å². The van der Waals surface area contributed by atoms with E-state index in [0.717, 1.165) is 0 Å². The summed E-state index contributed by atoms with van der Waals surface area (Å²) in [5, 5.41) is 7.88. The Balaban J connectivity index is 2.06. The van der Waals surface area contributed by atoms with E-state index in [4.69, 9.17) is 31.9 Å². The summed E-state index contributed by atoms with van der Waals surface area (Å²) in [6, 6.07) is 4.54. The van der Waals surface area contributed by atoms with Gasteiger partial charge in [-0.05, 0) is 25.1 Å². The third-order valence-electron chi connectivity index (χ3n) is 3.01. The number of halogens is 2. The molecule has 0 aliphatic heterocycles. The Morgan fingerprint density at radius 3 is 2.62 bits per heavy atom. The predicted molar refractivity (Wildman–Crippen MR) is 86.4 cm³/mol. The smallest absolute Gasteiger partial charge is 0.379 e. The Hall–Kier alpha value is -2.10. The number of rotatable bonds is 4. The lowest BCUT2D eigenvalue weighted by Crippen LogP contribution is -2.23. The Morgan fingerprint density at radius 2 is 1.96 bits per heavy atom. The Kier molecular flexibility index (Phi) is 4.48. The van der Waals surface area contributed by atoms with Crippen molar-refractivity contribution in [2.75, 3.05) is 0 Å². The molecule has 0 amide bonds. The van der Waals surface area contributed by atoms with Crippen LogP contribution in [0.1, 0.15) is 11.5 Å². The maximum absolute atomic E-state index is 12.5. The van der Waals surface area contributed by atoms with Crippen molar-refractivity contribution in [3.63, 3.8) is 0 Å². The summed E-state index contributed by atoms with van der Waals surface area (Å²) >= 11 is 9.72. The zero-order valence-electron chi connectivity index (χ0n) is 12.3. The number of nitrogens with zero attached hydrogens (tertiary/aromatic N) is 3. The van der Waals surface area contributed by atoms with E-state index in [1.165, 1.54) is 12.1 Å². The van der Waals surface area contributed by atoms with E-state index in [2.05, 4.69) is 14.8 Å². The normalized spacial score (nSPS) is 12.3. The molecule has 0 bridgehead atoms. The molecule has 0 aliphatic rings. The van der Waals surface area contributed by atoms with Crippen molar-refractivity contribution >= 4 is 34.5 Å². The standard InChI is InChI=1S/C13H9Cl2N3O5S/c1-6-11(7(2)21-16-6)23-24(20)18-12(17-22-13(18)19)9-5-8(14)3-4-10(9)15/h3-5H,1-2H3. The van der Waals surface area contributed by atoms with E-state index in [9.17, 15) is 9.00 Å². The van der Waals surface area contributed by atoms with Gasteiger partial charge in [-0.2, -0.15) is 4.21 Å². The van der Waals surface area contributed by atoms with Crippen LogP contribution >= 0.6 is 23.2 Å². The minimum absolute atomic E-state index is 0.0856. The Bertz CT molecular complexity index is 974. The molecule has 11 heteroatoms. The monoisotopic (exact) mass is 389 g/mol. The van der Waals surface area contributed by atoms with Crippen LogP contribution in [0.3, 0.4) is 0 Å². The van der Waals surface area contributed by atoms with Gasteiger partial charge in [0.25, 0.3) is 0 Å². The molecule has 24 heavy (non-hydrogen) atoms. The van der Waals surface area contributed by atoms with Gasteiger partial charge in [-0.15, -0.1) is 3.97 Å². The molecule has 2 heterocycles. The first-order valence-electron chi connectivity index (χ1n) is 6.46. The van der Waals surface area contributed by atoms with Crippen molar-refractivity contribution in [1.29, 1.82) is 0 Å². The van der Waals surface area contributed by atoms with Crippen LogP contribution in [0.15, 0.2) is 32.0 Å². The van der Waals surface area contributed by atoms with Crippen LogP contribution in [-0.2, 0) is 11.3 Å². The molecule has 1 atom stereocenters. The molecule has 0 spiro atoms. The van der Waals surface area contributed by atoms with Crippen molar-refractivity contribution in [3.8, 4) is 17.1 Å². The molecule has 1 aromatic carbocycles. The zero-order valence-corrected chi connectivity index (χ0v) is 14.6. The van der Waals surface area contributed by atoms with Crippen LogP contribution in [0.2, 0.25) is 10.0 Å². The fourth-order valence-electron chi connectivity index (χ4n) is 1.90. The van der Waals surface area contributed by atoms with Gasteiger partial charge in [0.05, 0.1) is 5.02 Å². The Morgan fingerprint density at radius 1 is 1.21 bits per heavy atom. The molecular weight excluding hydrogens is 381 g/mol. The van der Waals surface area contributed by atoms with E-state index in [1.807, 2.05) is 0 Å². The van der Waals surface area contributed by atoms with Gasteiger partial charge in [0, 0.05) is 17.5 Å². The van der Waals surface area contributed by atoms with Crippen LogP contribution in [0.25, 0.3) is 11.4 Å². The summed E-state index contributed by atoms with van der Waals surface area (Å²) in [5.41, 5.74) is 0.651. The molecule has 8 nitrogen and oxygen atoms in total. The average Bonchev–Trinajstić information content (AvgIpc) is 3.07. The Labute approximate surface area is 147 Å². The van der Waals surface area contributed by atoms with Crippen LogP contribution in [-0.4, -0.2) is 18.5 Å². The largest absolute Gasteiger partial charge is 0.456 e. The summed E-state index contributed by atoms with van der Waals surface area (Å²) in [7, 11) is 0. The van der Waals surface area contributed by atoms with Gasteiger partial charge in [-0.1, -0.05) is 33.5 Å². The average molecular weight is 390 g/mol. The summed E-state index contributed by atoms with van der Waals surface area (Å²) in [4.78, 5) is 11.9. The molecule has 3 aromatic rings. The van der Waals surface area contributed by atoms with Gasteiger partial charge in [0.2, 0.25) is 11.6 Å². The molecule has 0 fully saturated rings. The molecule has 126 valence electrons. The quantitative estimate of drug-likeness (QED) is 0.675. The third kappa shape index (κ3) is 2.97. The summed E-state index contributed by atoms with van der Waals surface area (Å²) in [6.07, 6.45) is 0. The molecule has 0 N–H and O–H groups in total. The predicted octanol–water partition coefficient (Wildman–Crippen LogP) is 2.92. The molecule has 3 rings (SSSR count). The number of hydrogen-bond acceptors (Lipinski definition) is 7. The van der Waals surface area contributed by atoms with Crippen molar-refractivity contribution in [1.82, 2.24) is 14.3 Å². The molecule has 0 saturated carbocycles. The minimum atomic E-state index is -2.29. The highest BCUT2D eigenvalue weighted by Gasteiger charge is 2.24. The van der Waals surface area contributed by atoms with Gasteiger partial charge < -0.3 is 8.71 Å². The highest BCUT2D eigenvalue weighted by Crippen LogP contribution is 2.30. The van der Waals surface area contributed by atoms with Gasteiger partial charge in [0.1, 0.15) is 5.69 Å². The van der Waals surface area contributed by atoms with Crippen molar-refractivity contribution in [2.24, 2.45) is 0 Å². The van der Waals surface area contributed by atoms with Crippen molar-refractivity contribution in [2.45, 2.75) is 13.8 Å². The number of aromatic nitrogens is 3. The van der Waals surface area contributed by atoms with Crippen molar-refractivity contribution in [3.05, 3.63) is 50.2 Å². The van der Waals surface area contributed by atoms with E-state index >= 15 is 0 Å². The lowest BCUT2D eigenvalue weighted by Gasteiger charge is -2.06. The van der Waals surface area contributed by atoms with Gasteiger partial charge in [-0.25, -0.2) is 4.79 Å². The first-order chi connectivity index (χ1) is 11.4. The van der Waals surface area contributed by atoms with Crippen LogP contribution < -0.4 is 9.94 Å². The molecule has 0 aliphatic carbocycles. The summed E-state index contributed by atoms with van der Waals surface area (Å²) < 4.78 is 28.0. The molecule has 0 saturated heterocycles. The zero-order chi connectivity index (χ0) is 17.4. The fraction of sp³-hybridized carbons (Fsp3) is 0.154. The second-order valence-corrected chi connectivity index (χ2v) is 6.45. The maximum atomic E-state index is 12.5. The maximum Gasteiger partial charge on any atom is 0.456 e. The number of benzene rings is 1. The molecule has 1 unspecified atom stereocenters. The van der Waals surface area contributed by atoms with Gasteiger partial charge in [0.15, 0.2) is 5.76 Å². The van der Waals surface area contributed by atoms with E-state index in [1.54, 1.807) is 19.9 Å². The second-order valence-electron chi connectivity index (χ2n) is 4.64. The molecule has 0 radical (unpaired) electrons. The highest BCUT2D eigenvalue weighted by atomic mass is 35.5. The van der Waals surface area contributed by atoms with Crippen LogP contribution in [0.4, 0.5) is 0 Å². The third-order valence-corrected chi connectivity index (χ3v) is 4.50. The lowest BCUT2D eigenvalue weighted by molar-refractivity contribution is 0.383. The van der Waals surface area contributed by atoms with Crippen molar-refractivity contribution < 1.29 is 17.4 Å². The lowest BCUT2D eigenvalue weighted by atomic mass is 10.2. The SMILES string of the molecule is Cc1noc(C)c1OS(=O)n1c(-c2cc(Cl)ccc2Cl)noc1=O. The number of aryl methyl sites for hydroxylation is 2. The second kappa shape index (κ2) is 6.42. The highest BCUT2D eigenvalue weighted by molar-refractivity contribution is 7.79. The first kappa shape index (κ1) is 16.7. The summed E-state index contributed by atoms with van der Waals surface area (Å²) in [5.74, 6) is -0.596. The van der Waals surface area contributed by atoms with Crippen LogP contribution in [0.5, 0.6) is 5.75 Å². The van der Waals surface area contributed by atoms with E-state index in [-0.39, 0.29) is 22.2 Å².